The molecule has 3 aromatic heterocycles. The van der Waals surface area contributed by atoms with Gasteiger partial charge >= 0.3 is 0 Å². The Morgan fingerprint density at radius 1 is 0.469 bits per heavy atom. The van der Waals surface area contributed by atoms with E-state index in [0.717, 1.165) is 43.7 Å². The summed E-state index contributed by atoms with van der Waals surface area (Å²) in [4.78, 5) is 5.05. The Hall–Kier alpha value is -6.23. The topological polar surface area (TPSA) is 31.0 Å². The van der Waals surface area contributed by atoms with Gasteiger partial charge < -0.3 is 8.98 Å². The number of para-hydroxylation sites is 1. The lowest BCUT2D eigenvalue weighted by Gasteiger charge is -2.11. The first-order chi connectivity index (χ1) is 24.2. The lowest BCUT2D eigenvalue weighted by atomic mass is 10.0. The number of hydrogen-bond donors (Lipinski definition) is 0. The minimum Gasteiger partial charge on any atom is -0.456 e. The minimum atomic E-state index is 0.906. The molecule has 3 nitrogen and oxygen atoms in total. The zero-order chi connectivity index (χ0) is 32.1. The highest BCUT2D eigenvalue weighted by molar-refractivity contribution is 7.22. The van der Waals surface area contributed by atoms with Crippen molar-refractivity contribution in [1.82, 2.24) is 9.55 Å². The van der Waals surface area contributed by atoms with E-state index in [2.05, 4.69) is 144 Å². The third kappa shape index (κ3) is 4.05. The molecule has 228 valence electrons. The third-order valence-corrected chi connectivity index (χ3v) is 11.1. The van der Waals surface area contributed by atoms with Crippen LogP contribution in [0.5, 0.6) is 0 Å². The van der Waals surface area contributed by atoms with Gasteiger partial charge in [0.2, 0.25) is 0 Å². The molecule has 3 heterocycles. The van der Waals surface area contributed by atoms with Crippen LogP contribution in [0, 0.1) is 0 Å². The number of thiazole rings is 1. The molecule has 0 saturated heterocycles. The summed E-state index contributed by atoms with van der Waals surface area (Å²) in [5.41, 5.74) is 9.87. The first-order valence-corrected chi connectivity index (χ1v) is 17.3. The molecular weight excluding hydrogens is 617 g/mol. The molecule has 0 bridgehead atoms. The molecule has 0 amide bonds. The number of furan rings is 1. The van der Waals surface area contributed by atoms with Gasteiger partial charge in [-0.25, -0.2) is 4.98 Å². The highest BCUT2D eigenvalue weighted by Crippen LogP contribution is 2.41. The summed E-state index contributed by atoms with van der Waals surface area (Å²) < 4.78 is 9.74. The summed E-state index contributed by atoms with van der Waals surface area (Å²) in [6.07, 6.45) is 0. The Morgan fingerprint density at radius 3 is 2.02 bits per heavy atom. The third-order valence-electron chi connectivity index (χ3n) is 9.99. The van der Waals surface area contributed by atoms with Crippen LogP contribution >= 0.6 is 11.3 Å². The normalized spacial score (nSPS) is 12.1. The molecule has 11 rings (SSSR count). The number of aromatic nitrogens is 2. The van der Waals surface area contributed by atoms with E-state index in [-0.39, 0.29) is 0 Å². The number of rotatable bonds is 3. The van der Waals surface area contributed by atoms with Crippen LogP contribution in [0.1, 0.15) is 0 Å². The average Bonchev–Trinajstić information content (AvgIpc) is 3.85. The fourth-order valence-corrected chi connectivity index (χ4v) is 8.72. The van der Waals surface area contributed by atoms with E-state index in [1.165, 1.54) is 59.2 Å². The van der Waals surface area contributed by atoms with Gasteiger partial charge in [0.05, 0.1) is 21.3 Å². The van der Waals surface area contributed by atoms with Gasteiger partial charge in [-0.15, -0.1) is 11.3 Å². The summed E-state index contributed by atoms with van der Waals surface area (Å²) in [5, 5.41) is 10.8. The Morgan fingerprint density at radius 2 is 1.16 bits per heavy atom. The van der Waals surface area contributed by atoms with Gasteiger partial charge in [-0.1, -0.05) is 109 Å². The predicted octanol–water partition coefficient (Wildman–Crippen LogP) is 12.9. The Bertz CT molecular complexity index is 3110. The molecule has 0 atom stereocenters. The van der Waals surface area contributed by atoms with Gasteiger partial charge in [-0.3, -0.25) is 0 Å². The van der Waals surface area contributed by atoms with Crippen LogP contribution < -0.4 is 0 Å². The second-order valence-electron chi connectivity index (χ2n) is 12.8. The maximum atomic E-state index is 6.14. The van der Waals surface area contributed by atoms with E-state index in [4.69, 9.17) is 9.40 Å². The maximum absolute atomic E-state index is 6.14. The highest BCUT2D eigenvalue weighted by atomic mass is 32.1. The molecule has 49 heavy (non-hydrogen) atoms. The van der Waals surface area contributed by atoms with Gasteiger partial charge in [-0.2, -0.15) is 0 Å². The van der Waals surface area contributed by atoms with Crippen LogP contribution in [0.4, 0.5) is 0 Å². The largest absolute Gasteiger partial charge is 0.456 e. The Balaban J connectivity index is 1.06. The van der Waals surface area contributed by atoms with Gasteiger partial charge in [0.25, 0.3) is 0 Å². The van der Waals surface area contributed by atoms with E-state index in [1.807, 2.05) is 18.2 Å². The van der Waals surface area contributed by atoms with E-state index in [9.17, 15) is 0 Å². The number of benzene rings is 8. The second-order valence-corrected chi connectivity index (χ2v) is 13.8. The molecule has 0 aliphatic heterocycles. The van der Waals surface area contributed by atoms with Crippen molar-refractivity contribution >= 4 is 86.8 Å². The summed E-state index contributed by atoms with van der Waals surface area (Å²) in [6, 6.07) is 56.8. The van der Waals surface area contributed by atoms with Crippen LogP contribution in [0.15, 0.2) is 162 Å². The van der Waals surface area contributed by atoms with Gasteiger partial charge in [-0.05, 0) is 81.2 Å². The van der Waals surface area contributed by atoms with Gasteiger partial charge in [0.1, 0.15) is 16.2 Å². The molecule has 0 radical (unpaired) electrons. The number of hydrogen-bond acceptors (Lipinski definition) is 3. The summed E-state index contributed by atoms with van der Waals surface area (Å²) in [7, 11) is 0. The van der Waals surface area contributed by atoms with Crippen molar-refractivity contribution in [2.24, 2.45) is 0 Å². The van der Waals surface area contributed by atoms with Crippen molar-refractivity contribution in [3.8, 4) is 27.4 Å². The molecule has 0 saturated carbocycles. The molecule has 0 N–H and O–H groups in total. The Kier molecular flexibility index (Phi) is 5.54. The Labute approximate surface area is 284 Å². The van der Waals surface area contributed by atoms with E-state index in [1.54, 1.807) is 11.3 Å². The number of fused-ring (bicyclic) bond motifs is 10. The molecule has 0 aliphatic rings. The van der Waals surface area contributed by atoms with Crippen LogP contribution in [0.2, 0.25) is 0 Å². The molecule has 0 aliphatic carbocycles. The van der Waals surface area contributed by atoms with Crippen molar-refractivity contribution in [1.29, 1.82) is 0 Å². The SMILES string of the molecule is c1ccc2cc(-n3c4cc(-c5ccc(-c6nc7ccc8oc9ccccc9c8c7s6)cc5)ccc4c4cc5ccccc5cc43)ccc2c1. The monoisotopic (exact) mass is 642 g/mol. The summed E-state index contributed by atoms with van der Waals surface area (Å²) >= 11 is 1.73. The predicted molar refractivity (Wildman–Crippen MR) is 207 cm³/mol. The molecular formula is C45H26N2OS. The van der Waals surface area contributed by atoms with Crippen molar-refractivity contribution < 1.29 is 4.42 Å². The smallest absolute Gasteiger partial charge is 0.137 e. The molecule has 0 spiro atoms. The summed E-state index contributed by atoms with van der Waals surface area (Å²) in [6.45, 7) is 0. The standard InChI is InChI=1S/C45H26N2OS/c1-2-8-30-23-34(19-17-27(30)7-1)47-39-26-33(18-20-35(39)37-24-31-9-3-4-10-32(31)25-40(37)47)28-13-15-29(16-14-28)45-46-38-21-22-42-43(44(38)49-45)36-11-5-6-12-41(36)48-42/h1-26H. The zero-order valence-electron chi connectivity index (χ0n) is 26.2. The first kappa shape index (κ1) is 26.8. The zero-order valence-corrected chi connectivity index (χ0v) is 27.0. The lowest BCUT2D eigenvalue weighted by Crippen LogP contribution is -1.94. The average molecular weight is 643 g/mol. The summed E-state index contributed by atoms with van der Waals surface area (Å²) in [5.74, 6) is 0. The van der Waals surface area contributed by atoms with Crippen molar-refractivity contribution in [3.63, 3.8) is 0 Å². The van der Waals surface area contributed by atoms with Crippen LogP contribution in [-0.2, 0) is 0 Å². The van der Waals surface area contributed by atoms with Crippen LogP contribution in [0.25, 0.3) is 103 Å². The maximum Gasteiger partial charge on any atom is 0.137 e. The molecule has 8 aromatic carbocycles. The molecule has 0 fully saturated rings. The van der Waals surface area contributed by atoms with Crippen molar-refractivity contribution in [3.05, 3.63) is 158 Å². The van der Waals surface area contributed by atoms with Crippen LogP contribution in [-0.4, -0.2) is 9.55 Å². The first-order valence-electron chi connectivity index (χ1n) is 16.5. The molecule has 4 heteroatoms. The minimum absolute atomic E-state index is 0.906. The van der Waals surface area contributed by atoms with Crippen LogP contribution in [0.3, 0.4) is 0 Å². The second kappa shape index (κ2) is 10.1. The van der Waals surface area contributed by atoms with Crippen molar-refractivity contribution in [2.45, 2.75) is 0 Å². The van der Waals surface area contributed by atoms with Crippen molar-refractivity contribution in [2.75, 3.05) is 0 Å². The highest BCUT2D eigenvalue weighted by Gasteiger charge is 2.17. The van der Waals surface area contributed by atoms with Gasteiger partial charge in [0, 0.05) is 32.8 Å². The quantitative estimate of drug-likeness (QED) is 0.192. The van der Waals surface area contributed by atoms with Gasteiger partial charge in [0.15, 0.2) is 0 Å². The fraction of sp³-hybridized carbons (Fsp3) is 0. The lowest BCUT2D eigenvalue weighted by molar-refractivity contribution is 0.669. The fourth-order valence-electron chi connectivity index (χ4n) is 7.60. The van der Waals surface area contributed by atoms with E-state index < -0.39 is 0 Å². The molecule has 0 unspecified atom stereocenters. The van der Waals surface area contributed by atoms with E-state index >= 15 is 0 Å². The molecule has 11 aromatic rings. The van der Waals surface area contributed by atoms with E-state index in [0.29, 0.717) is 0 Å². The number of nitrogens with zero attached hydrogens (tertiary/aromatic N) is 2.